The number of likely N-dealkylation sites (N-methyl/N-ethyl adjacent to an activating group) is 1. The molecule has 0 saturated carbocycles. The number of hydrogen-bond donors (Lipinski definition) is 2. The van der Waals surface area contributed by atoms with Crippen molar-refractivity contribution in [3.05, 3.63) is 53.7 Å². The maximum Gasteiger partial charge on any atom is 0.213 e. The van der Waals surface area contributed by atoms with Crippen LogP contribution >= 0.6 is 0 Å². The number of benzene rings is 1. The number of aromatic nitrogens is 1. The molecular weight excluding hydrogens is 338 g/mol. The molecular formula is C21H33N5O. The zero-order valence-electron chi connectivity index (χ0n) is 17.4. The predicted molar refractivity (Wildman–Crippen MR) is 111 cm³/mol. The van der Waals surface area contributed by atoms with Crippen LogP contribution in [-0.2, 0) is 18.4 Å². The molecule has 0 aliphatic rings. The topological polar surface area (TPSA) is 65.7 Å². The maximum atomic E-state index is 5.82. The number of nitrogens with zero attached hydrogens (tertiary/aromatic N) is 3. The molecule has 0 spiro atoms. The Labute approximate surface area is 163 Å². The molecule has 0 bridgehead atoms. The number of rotatable bonds is 7. The largest absolute Gasteiger partial charge is 0.443 e. The Kier molecular flexibility index (Phi) is 7.42. The summed E-state index contributed by atoms with van der Waals surface area (Å²) in [5.41, 5.74) is 1.29. The highest BCUT2D eigenvalue weighted by Crippen LogP contribution is 2.22. The van der Waals surface area contributed by atoms with Crippen LogP contribution in [0.3, 0.4) is 0 Å². The number of oxazole rings is 1. The van der Waals surface area contributed by atoms with E-state index >= 15 is 0 Å². The Balaban J connectivity index is 1.87. The minimum atomic E-state index is -0.0401. The van der Waals surface area contributed by atoms with Gasteiger partial charge in [0.25, 0.3) is 0 Å². The molecule has 27 heavy (non-hydrogen) atoms. The van der Waals surface area contributed by atoms with Gasteiger partial charge in [0, 0.05) is 25.0 Å². The second-order valence-corrected chi connectivity index (χ2v) is 7.98. The number of guanidine groups is 1. The van der Waals surface area contributed by atoms with Gasteiger partial charge in [-0.2, -0.15) is 0 Å². The minimum absolute atomic E-state index is 0.0401. The Morgan fingerprint density at radius 2 is 1.89 bits per heavy atom. The molecule has 1 atom stereocenters. The Hall–Kier alpha value is -2.34. The van der Waals surface area contributed by atoms with Gasteiger partial charge in [0.05, 0.1) is 12.7 Å². The van der Waals surface area contributed by atoms with Crippen molar-refractivity contribution < 1.29 is 4.42 Å². The normalized spacial score (nSPS) is 13.7. The fraction of sp³-hybridized carbons (Fsp3) is 0.524. The van der Waals surface area contributed by atoms with Crippen molar-refractivity contribution in [1.29, 1.82) is 0 Å². The summed E-state index contributed by atoms with van der Waals surface area (Å²) in [5, 5.41) is 6.68. The molecule has 2 rings (SSSR count). The monoisotopic (exact) mass is 371 g/mol. The van der Waals surface area contributed by atoms with E-state index in [9.17, 15) is 0 Å². The lowest BCUT2D eigenvalue weighted by atomic mass is 9.94. The summed E-state index contributed by atoms with van der Waals surface area (Å²) in [4.78, 5) is 10.9. The van der Waals surface area contributed by atoms with Crippen molar-refractivity contribution in [2.75, 3.05) is 27.7 Å². The van der Waals surface area contributed by atoms with E-state index < -0.39 is 0 Å². The molecule has 0 fully saturated rings. The summed E-state index contributed by atoms with van der Waals surface area (Å²) in [7, 11) is 5.98. The molecule has 1 heterocycles. The van der Waals surface area contributed by atoms with Crippen LogP contribution in [0.25, 0.3) is 0 Å². The summed E-state index contributed by atoms with van der Waals surface area (Å²) in [6.45, 7) is 7.62. The third-order valence-electron chi connectivity index (χ3n) is 4.47. The van der Waals surface area contributed by atoms with E-state index in [2.05, 4.69) is 84.6 Å². The van der Waals surface area contributed by atoms with Crippen molar-refractivity contribution in [2.24, 2.45) is 4.99 Å². The first-order chi connectivity index (χ1) is 12.8. The standard InChI is InChI=1S/C21H33N5O/c1-21(2,3)18-14-23-19(27-18)15-25-20(22-4)24-13-17(26(5)6)12-16-10-8-7-9-11-16/h7-11,14,17H,12-13,15H2,1-6H3,(H2,22,24,25). The fourth-order valence-corrected chi connectivity index (χ4v) is 2.66. The van der Waals surface area contributed by atoms with Gasteiger partial charge in [-0.15, -0.1) is 0 Å². The highest BCUT2D eigenvalue weighted by atomic mass is 16.4. The third kappa shape index (κ3) is 6.71. The number of hydrogen-bond acceptors (Lipinski definition) is 4. The minimum Gasteiger partial charge on any atom is -0.443 e. The molecule has 0 radical (unpaired) electrons. The smallest absolute Gasteiger partial charge is 0.213 e. The van der Waals surface area contributed by atoms with Crippen LogP contribution in [0.15, 0.2) is 45.9 Å². The molecule has 0 aliphatic heterocycles. The Morgan fingerprint density at radius 1 is 1.19 bits per heavy atom. The van der Waals surface area contributed by atoms with Gasteiger partial charge >= 0.3 is 0 Å². The van der Waals surface area contributed by atoms with E-state index in [1.165, 1.54) is 5.56 Å². The van der Waals surface area contributed by atoms with Gasteiger partial charge < -0.3 is 20.0 Å². The molecule has 0 saturated heterocycles. The summed E-state index contributed by atoms with van der Waals surface area (Å²) >= 11 is 0. The first-order valence-corrected chi connectivity index (χ1v) is 9.39. The van der Waals surface area contributed by atoms with Gasteiger partial charge in [-0.3, -0.25) is 4.99 Å². The summed E-state index contributed by atoms with van der Waals surface area (Å²) in [5.74, 6) is 2.29. The van der Waals surface area contributed by atoms with Crippen LogP contribution in [0.5, 0.6) is 0 Å². The quantitative estimate of drug-likeness (QED) is 0.579. The van der Waals surface area contributed by atoms with E-state index in [0.29, 0.717) is 18.5 Å². The molecule has 0 amide bonds. The average Bonchev–Trinajstić information content (AvgIpc) is 3.11. The lowest BCUT2D eigenvalue weighted by molar-refractivity contribution is 0.290. The van der Waals surface area contributed by atoms with Crippen molar-refractivity contribution in [3.63, 3.8) is 0 Å². The molecule has 148 valence electrons. The van der Waals surface area contributed by atoms with Crippen LogP contribution in [0.2, 0.25) is 0 Å². The molecule has 6 nitrogen and oxygen atoms in total. The third-order valence-corrected chi connectivity index (χ3v) is 4.47. The molecule has 6 heteroatoms. The molecule has 2 N–H and O–H groups in total. The fourth-order valence-electron chi connectivity index (χ4n) is 2.66. The van der Waals surface area contributed by atoms with E-state index in [1.807, 2.05) is 6.07 Å². The van der Waals surface area contributed by atoms with Gasteiger partial charge in [-0.05, 0) is 26.1 Å². The maximum absolute atomic E-state index is 5.82. The van der Waals surface area contributed by atoms with Crippen molar-refractivity contribution in [1.82, 2.24) is 20.5 Å². The van der Waals surface area contributed by atoms with Crippen LogP contribution in [0.4, 0.5) is 0 Å². The van der Waals surface area contributed by atoms with E-state index in [4.69, 9.17) is 4.42 Å². The van der Waals surface area contributed by atoms with Crippen LogP contribution < -0.4 is 10.6 Å². The van der Waals surface area contributed by atoms with E-state index in [-0.39, 0.29) is 5.41 Å². The second kappa shape index (κ2) is 9.55. The highest BCUT2D eigenvalue weighted by molar-refractivity contribution is 5.79. The van der Waals surface area contributed by atoms with Crippen LogP contribution in [0.1, 0.15) is 38.0 Å². The highest BCUT2D eigenvalue weighted by Gasteiger charge is 2.19. The molecule has 2 aromatic rings. The second-order valence-electron chi connectivity index (χ2n) is 7.98. The summed E-state index contributed by atoms with van der Waals surface area (Å²) in [6, 6.07) is 10.9. The summed E-state index contributed by atoms with van der Waals surface area (Å²) in [6.07, 6.45) is 2.78. The molecule has 1 aromatic heterocycles. The Morgan fingerprint density at radius 3 is 2.44 bits per heavy atom. The lowest BCUT2D eigenvalue weighted by Crippen LogP contribution is -2.45. The zero-order chi connectivity index (χ0) is 19.9. The summed E-state index contributed by atoms with van der Waals surface area (Å²) < 4.78 is 5.82. The zero-order valence-corrected chi connectivity index (χ0v) is 17.4. The van der Waals surface area contributed by atoms with E-state index in [0.717, 1.165) is 24.7 Å². The van der Waals surface area contributed by atoms with Crippen LogP contribution in [-0.4, -0.2) is 49.6 Å². The number of aliphatic imine (C=N–C) groups is 1. The van der Waals surface area contributed by atoms with Gasteiger partial charge in [-0.1, -0.05) is 51.1 Å². The molecule has 1 unspecified atom stereocenters. The van der Waals surface area contributed by atoms with Crippen molar-refractivity contribution >= 4 is 5.96 Å². The van der Waals surface area contributed by atoms with Crippen molar-refractivity contribution in [3.8, 4) is 0 Å². The molecule has 0 aliphatic carbocycles. The lowest BCUT2D eigenvalue weighted by Gasteiger charge is -2.25. The van der Waals surface area contributed by atoms with Crippen LogP contribution in [0, 0.1) is 0 Å². The van der Waals surface area contributed by atoms with Crippen molar-refractivity contribution in [2.45, 2.75) is 45.2 Å². The van der Waals surface area contributed by atoms with E-state index in [1.54, 1.807) is 13.2 Å². The van der Waals surface area contributed by atoms with Gasteiger partial charge in [0.15, 0.2) is 5.96 Å². The Bertz CT molecular complexity index is 716. The van der Waals surface area contributed by atoms with Gasteiger partial charge in [0.2, 0.25) is 5.89 Å². The predicted octanol–water partition coefficient (Wildman–Crippen LogP) is 2.81. The number of nitrogens with one attached hydrogen (secondary N) is 2. The average molecular weight is 372 g/mol. The first-order valence-electron chi connectivity index (χ1n) is 9.39. The first kappa shape index (κ1) is 21.0. The van der Waals surface area contributed by atoms with Gasteiger partial charge in [-0.25, -0.2) is 4.98 Å². The SMILES string of the molecule is CN=C(NCc1ncc(C(C)(C)C)o1)NCC(Cc1ccccc1)N(C)C. The molecule has 1 aromatic carbocycles. The van der Waals surface area contributed by atoms with Gasteiger partial charge in [0.1, 0.15) is 5.76 Å².